The molecule has 3 rings (SSSR count). The van der Waals surface area contributed by atoms with Gasteiger partial charge in [0, 0.05) is 18.2 Å². The third-order valence-corrected chi connectivity index (χ3v) is 2.99. The van der Waals surface area contributed by atoms with Crippen molar-refractivity contribution in [3.63, 3.8) is 0 Å². The van der Waals surface area contributed by atoms with Gasteiger partial charge in [0.25, 0.3) is 5.91 Å². The van der Waals surface area contributed by atoms with Crippen molar-refractivity contribution < 1.29 is 23.8 Å². The zero-order valence-electron chi connectivity index (χ0n) is 10.7. The summed E-state index contributed by atoms with van der Waals surface area (Å²) in [6.45, 7) is 0.0821. The van der Waals surface area contributed by atoms with Crippen LogP contribution in [0.4, 0.5) is 15.8 Å². The first-order chi connectivity index (χ1) is 10.0. The lowest BCUT2D eigenvalue weighted by Crippen LogP contribution is -2.14. The molecule has 1 heterocycles. The molecule has 0 saturated carbocycles. The number of nitrogen functional groups attached to an aromatic ring is 1. The summed E-state index contributed by atoms with van der Waals surface area (Å²) in [4.78, 5) is 12.0. The van der Waals surface area contributed by atoms with E-state index in [9.17, 15) is 9.18 Å². The van der Waals surface area contributed by atoms with Gasteiger partial charge in [-0.15, -0.1) is 0 Å². The number of nitrogens with two attached hydrogens (primary N) is 1. The number of halogens is 1. The van der Waals surface area contributed by atoms with Crippen LogP contribution in [0.5, 0.6) is 17.2 Å². The SMILES string of the molecule is Nc1cc2c(cc1NC(=O)c1ccc(O)cc1F)OCO2. The van der Waals surface area contributed by atoms with E-state index in [2.05, 4.69) is 5.32 Å². The van der Waals surface area contributed by atoms with Gasteiger partial charge >= 0.3 is 0 Å². The minimum atomic E-state index is -0.827. The fraction of sp³-hybridized carbons (Fsp3) is 0.0714. The molecule has 0 fully saturated rings. The van der Waals surface area contributed by atoms with Gasteiger partial charge in [0.1, 0.15) is 11.6 Å². The highest BCUT2D eigenvalue weighted by Gasteiger charge is 2.19. The molecule has 2 aromatic carbocycles. The molecule has 0 unspecified atom stereocenters. The number of amides is 1. The Hall–Kier alpha value is -2.96. The Bertz CT molecular complexity index is 733. The maximum atomic E-state index is 13.6. The number of hydrogen-bond acceptors (Lipinski definition) is 5. The smallest absolute Gasteiger partial charge is 0.258 e. The lowest BCUT2D eigenvalue weighted by atomic mass is 10.1. The van der Waals surface area contributed by atoms with E-state index in [1.54, 1.807) is 0 Å². The van der Waals surface area contributed by atoms with Gasteiger partial charge in [-0.2, -0.15) is 0 Å². The van der Waals surface area contributed by atoms with Crippen LogP contribution < -0.4 is 20.5 Å². The van der Waals surface area contributed by atoms with Crippen molar-refractivity contribution in [1.29, 1.82) is 0 Å². The van der Waals surface area contributed by atoms with Crippen molar-refractivity contribution in [2.24, 2.45) is 0 Å². The van der Waals surface area contributed by atoms with E-state index in [1.165, 1.54) is 24.3 Å². The second-order valence-electron chi connectivity index (χ2n) is 4.41. The Labute approximate surface area is 118 Å². The van der Waals surface area contributed by atoms with E-state index in [0.29, 0.717) is 11.5 Å². The minimum Gasteiger partial charge on any atom is -0.508 e. The molecule has 0 atom stereocenters. The average molecular weight is 290 g/mol. The summed E-state index contributed by atoms with van der Waals surface area (Å²) in [6.07, 6.45) is 0. The first-order valence-corrected chi connectivity index (χ1v) is 6.03. The summed E-state index contributed by atoms with van der Waals surface area (Å²) < 4.78 is 24.0. The number of carbonyl (C=O) groups excluding carboxylic acids is 1. The molecule has 0 aromatic heterocycles. The molecule has 0 aliphatic carbocycles. The van der Waals surface area contributed by atoms with E-state index < -0.39 is 11.7 Å². The van der Waals surface area contributed by atoms with Crippen LogP contribution in [0.2, 0.25) is 0 Å². The van der Waals surface area contributed by atoms with Crippen LogP contribution >= 0.6 is 0 Å². The van der Waals surface area contributed by atoms with Gasteiger partial charge in [0.05, 0.1) is 16.9 Å². The summed E-state index contributed by atoms with van der Waals surface area (Å²) in [5.41, 5.74) is 6.15. The fourth-order valence-electron chi connectivity index (χ4n) is 1.94. The molecule has 4 N–H and O–H groups in total. The summed E-state index contributed by atoms with van der Waals surface area (Å²) >= 11 is 0. The number of benzene rings is 2. The Morgan fingerprint density at radius 2 is 1.95 bits per heavy atom. The standard InChI is InChI=1S/C14H11FN2O4/c15-9-3-7(18)1-2-8(9)14(19)17-11-5-13-12(4-10(11)16)20-6-21-13/h1-5,18H,6,16H2,(H,17,19). The van der Waals surface area contributed by atoms with Crippen molar-refractivity contribution in [2.75, 3.05) is 17.8 Å². The van der Waals surface area contributed by atoms with Crippen molar-refractivity contribution in [1.82, 2.24) is 0 Å². The van der Waals surface area contributed by atoms with Crippen LogP contribution in [-0.2, 0) is 0 Å². The Morgan fingerprint density at radius 1 is 1.24 bits per heavy atom. The average Bonchev–Trinajstić information content (AvgIpc) is 2.86. The van der Waals surface area contributed by atoms with Gasteiger partial charge in [-0.25, -0.2) is 4.39 Å². The highest BCUT2D eigenvalue weighted by atomic mass is 19.1. The van der Waals surface area contributed by atoms with Crippen LogP contribution in [0.25, 0.3) is 0 Å². The zero-order valence-corrected chi connectivity index (χ0v) is 10.7. The number of hydrogen-bond donors (Lipinski definition) is 3. The van der Waals surface area contributed by atoms with Crippen LogP contribution in [-0.4, -0.2) is 17.8 Å². The predicted octanol–water partition coefficient (Wildman–Crippen LogP) is 2.09. The maximum Gasteiger partial charge on any atom is 0.258 e. The molecule has 0 saturated heterocycles. The number of aromatic hydroxyl groups is 1. The molecule has 1 amide bonds. The topological polar surface area (TPSA) is 93.8 Å². The monoisotopic (exact) mass is 290 g/mol. The summed E-state index contributed by atoms with van der Waals surface area (Å²) in [5.74, 6) is -0.830. The summed E-state index contributed by atoms with van der Waals surface area (Å²) in [7, 11) is 0. The molecular formula is C14H11FN2O4. The van der Waals surface area contributed by atoms with Gasteiger partial charge in [-0.3, -0.25) is 4.79 Å². The second kappa shape index (κ2) is 4.86. The second-order valence-corrected chi connectivity index (χ2v) is 4.41. The molecule has 2 aromatic rings. The molecule has 0 spiro atoms. The third-order valence-electron chi connectivity index (χ3n) is 2.99. The largest absolute Gasteiger partial charge is 0.508 e. The molecule has 0 radical (unpaired) electrons. The molecule has 1 aliphatic rings. The quantitative estimate of drug-likeness (QED) is 0.736. The van der Waals surface area contributed by atoms with Crippen molar-refractivity contribution in [3.8, 4) is 17.2 Å². The van der Waals surface area contributed by atoms with Crippen molar-refractivity contribution >= 4 is 17.3 Å². The van der Waals surface area contributed by atoms with Crippen LogP contribution in [0.3, 0.4) is 0 Å². The van der Waals surface area contributed by atoms with Gasteiger partial charge in [-0.05, 0) is 12.1 Å². The first-order valence-electron chi connectivity index (χ1n) is 6.03. The maximum absolute atomic E-state index is 13.6. The highest BCUT2D eigenvalue weighted by Crippen LogP contribution is 2.38. The normalized spacial score (nSPS) is 12.2. The molecule has 7 heteroatoms. The lowest BCUT2D eigenvalue weighted by molar-refractivity contribution is 0.102. The van der Waals surface area contributed by atoms with Crippen molar-refractivity contribution in [2.45, 2.75) is 0 Å². The van der Waals surface area contributed by atoms with Gasteiger partial charge in [0.2, 0.25) is 6.79 Å². The number of phenolic OH excluding ortho intramolecular Hbond substituents is 1. The lowest BCUT2D eigenvalue weighted by Gasteiger charge is -2.10. The first kappa shape index (κ1) is 13.0. The number of anilines is 2. The van der Waals surface area contributed by atoms with E-state index in [1.807, 2.05) is 0 Å². The van der Waals surface area contributed by atoms with Gasteiger partial charge in [0.15, 0.2) is 11.5 Å². The Morgan fingerprint density at radius 3 is 2.67 bits per heavy atom. The molecule has 6 nitrogen and oxygen atoms in total. The highest BCUT2D eigenvalue weighted by molar-refractivity contribution is 6.06. The van der Waals surface area contributed by atoms with Gasteiger partial charge in [-0.1, -0.05) is 0 Å². The van der Waals surface area contributed by atoms with E-state index in [4.69, 9.17) is 20.3 Å². The third kappa shape index (κ3) is 2.40. The van der Waals surface area contributed by atoms with Gasteiger partial charge < -0.3 is 25.6 Å². The number of fused-ring (bicyclic) bond motifs is 1. The van der Waals surface area contributed by atoms with E-state index in [-0.39, 0.29) is 29.5 Å². The molecule has 1 aliphatic heterocycles. The molecule has 21 heavy (non-hydrogen) atoms. The Kier molecular flexibility index (Phi) is 3.02. The minimum absolute atomic E-state index is 0.0821. The molecule has 108 valence electrons. The summed E-state index contributed by atoms with van der Waals surface area (Å²) in [5, 5.41) is 11.6. The number of ether oxygens (including phenoxy) is 2. The van der Waals surface area contributed by atoms with Crippen molar-refractivity contribution in [3.05, 3.63) is 41.7 Å². The van der Waals surface area contributed by atoms with Crippen LogP contribution in [0, 0.1) is 5.82 Å². The van der Waals surface area contributed by atoms with E-state index >= 15 is 0 Å². The summed E-state index contributed by atoms with van der Waals surface area (Å²) in [6, 6.07) is 6.29. The number of rotatable bonds is 2. The number of phenols is 1. The molecular weight excluding hydrogens is 279 g/mol. The van der Waals surface area contributed by atoms with E-state index in [0.717, 1.165) is 6.07 Å². The van der Waals surface area contributed by atoms with Crippen LogP contribution in [0.1, 0.15) is 10.4 Å². The number of carbonyl (C=O) groups is 1. The molecule has 0 bridgehead atoms. The number of nitrogens with one attached hydrogen (secondary N) is 1. The Balaban J connectivity index is 1.88. The zero-order chi connectivity index (χ0) is 15.0. The fourth-order valence-corrected chi connectivity index (χ4v) is 1.94. The van der Waals surface area contributed by atoms with Crippen LogP contribution in [0.15, 0.2) is 30.3 Å². The predicted molar refractivity (Wildman–Crippen MR) is 73.0 cm³/mol.